The number of aromatic amines is 5. The molecule has 6 N–H and O–H groups in total. The van der Waals surface area contributed by atoms with Crippen LogP contribution in [0.15, 0.2) is 104 Å². The van der Waals surface area contributed by atoms with Crippen molar-refractivity contribution in [2.24, 2.45) is 17.8 Å². The van der Waals surface area contributed by atoms with Crippen LogP contribution in [0.1, 0.15) is 126 Å². The molecule has 33 heteroatoms. The van der Waals surface area contributed by atoms with Gasteiger partial charge in [0, 0.05) is 126 Å². The third-order valence-electron chi connectivity index (χ3n) is 26.4. The van der Waals surface area contributed by atoms with Crippen LogP contribution in [0.25, 0.3) is 110 Å². The van der Waals surface area contributed by atoms with Gasteiger partial charge in [-0.1, -0.05) is 55.6 Å². The van der Waals surface area contributed by atoms with Crippen molar-refractivity contribution < 1.29 is 14.2 Å². The number of hydrogen-bond donors (Lipinski definition) is 6. The van der Waals surface area contributed by atoms with Crippen LogP contribution in [-0.4, -0.2) is 235 Å². The highest BCUT2D eigenvalue weighted by molar-refractivity contribution is 6.33. The topological polar surface area (TPSA) is 386 Å². The number of pyridine rings is 10. The van der Waals surface area contributed by atoms with E-state index < -0.39 is 0 Å². The van der Waals surface area contributed by atoms with Gasteiger partial charge in [-0.25, -0.2) is 49.8 Å². The Morgan fingerprint density at radius 3 is 1.35 bits per heavy atom. The summed E-state index contributed by atoms with van der Waals surface area (Å²) in [5.74, 6) is 3.25. The first kappa shape index (κ1) is 85.4. The predicted octanol–water partition coefficient (Wildman–Crippen LogP) is 16.5. The van der Waals surface area contributed by atoms with Crippen LogP contribution < -0.4 is 24.4 Å². The van der Waals surface area contributed by atoms with E-state index in [1.165, 1.54) is 38.9 Å². The van der Waals surface area contributed by atoms with E-state index in [1.807, 2.05) is 42.5 Å². The summed E-state index contributed by atoms with van der Waals surface area (Å²) in [6.45, 7) is 25.2. The Hall–Kier alpha value is -12.4. The van der Waals surface area contributed by atoms with Gasteiger partial charge in [-0.2, -0.15) is 26.3 Å². The Labute approximate surface area is 748 Å². The van der Waals surface area contributed by atoms with Gasteiger partial charge in [-0.3, -0.25) is 4.90 Å². The van der Waals surface area contributed by atoms with Crippen LogP contribution >= 0.6 is 34.8 Å². The SMILES string of the molecule is CCN1CCC(COc2c(C#N)ncc3[nH]c4ncccc4c23)CC1.CCN1CCC(Nc2c(C#N)ncc3[nH]c4ncc(Cl)cc4c23)CC1.CCN1CCCC(COc2c(C#N)ncc3[nH]c4ncccc4c23)C1.N#Cc1ncc2[nH]c3ncc(Cl)cc3c2c1N1CCC(N2CCCC2)CC1.N#Cc1ncc2[nH]c3ncc(Cl)cc3c2c1O[C@@H]1CN2CCC1CC2. The third-order valence-corrected chi connectivity index (χ3v) is 27.0. The summed E-state index contributed by atoms with van der Waals surface area (Å²) in [6, 6.07) is 25.5. The van der Waals surface area contributed by atoms with E-state index in [0.29, 0.717) is 104 Å². The molecule has 23 heterocycles. The van der Waals surface area contributed by atoms with Gasteiger partial charge in [0.25, 0.3) is 0 Å². The third kappa shape index (κ3) is 18.0. The fourth-order valence-corrected chi connectivity index (χ4v) is 20.1. The standard InChI is InChI=1S/C20H21ClN6.2C19H21N5O.C18H19ClN6.C18H16ClN5O/c21-13-9-15-18-17(25-20(15)24-11-13)12-23-16(10-22)19(18)27-7-3-14(4-8-27)26-5-1-2-6-26;1-2-24-8-4-5-13(11-24)12-25-18-15(9-20)22-10-16-17(18)14-6-3-7-21-19(14)23-16;1-2-24-8-5-13(6-9-24)12-25-18-15(10-20)22-11-16-17(18)14-4-3-7-21-19(14)23-16;1-2-25-5-3-12(4-6-25)23-17-14(8-20)21-10-15-16(17)13-7-11(19)9-22-18(13)24-15;19-11-5-12-16-14(23-18(12)22-7-11)8-21-13(6-20)17(16)25-15-9-24-3-1-10(15)2-4-24/h9,11-12,14H,1-8H2,(H,24,25);3,6-7,10,13H,2,4-5,8,11-12H2,1H3,(H,21,23);3-4,7,11,13H,2,5-6,8-9,12H2,1H3,(H,21,23);7,9-10,12,23H,2-6H2,1H3,(H,22,24);5,7-8,10,15H,1-4,9H2,(H,22,23)/t;;;;15-/m....1/s1. The van der Waals surface area contributed by atoms with Crippen LogP contribution in [0, 0.1) is 74.4 Å². The molecule has 1 unspecified atom stereocenters. The second-order valence-corrected chi connectivity index (χ2v) is 35.1. The van der Waals surface area contributed by atoms with Crippen molar-refractivity contribution in [2.75, 3.05) is 128 Å². The maximum Gasteiger partial charge on any atom is 0.183 e. The number of halogens is 3. The Bertz CT molecular complexity index is 6770. The van der Waals surface area contributed by atoms with Crippen molar-refractivity contribution in [1.29, 1.82) is 26.3 Å². The van der Waals surface area contributed by atoms with E-state index >= 15 is 0 Å². The van der Waals surface area contributed by atoms with Gasteiger partial charge in [0.05, 0.1) is 114 Å². The number of aromatic nitrogens is 15. The molecule has 0 amide bonds. The van der Waals surface area contributed by atoms with Gasteiger partial charge in [-0.05, 0) is 197 Å². The number of likely N-dealkylation sites (tertiary alicyclic amines) is 4. The number of rotatable bonds is 15. The summed E-state index contributed by atoms with van der Waals surface area (Å²) < 4.78 is 18.8. The number of piperidine rings is 7. The minimum Gasteiger partial charge on any atom is -0.490 e. The van der Waals surface area contributed by atoms with Crippen LogP contribution in [0.5, 0.6) is 17.2 Å². The van der Waals surface area contributed by atoms with E-state index in [9.17, 15) is 26.3 Å². The lowest BCUT2D eigenvalue weighted by Gasteiger charge is -2.44. The average Bonchev–Trinajstić information content (AvgIpc) is 1.96. The summed E-state index contributed by atoms with van der Waals surface area (Å²) in [4.78, 5) is 74.4. The number of nitrogens with one attached hydrogen (secondary N) is 6. The number of nitriles is 5. The lowest BCUT2D eigenvalue weighted by molar-refractivity contribution is -0.00727. The van der Waals surface area contributed by atoms with Crippen molar-refractivity contribution in [1.82, 2.24) is 99.3 Å². The predicted molar refractivity (Wildman–Crippen MR) is 495 cm³/mol. The second-order valence-electron chi connectivity index (χ2n) is 33.8. The molecule has 648 valence electrons. The first-order valence-corrected chi connectivity index (χ1v) is 45.4. The van der Waals surface area contributed by atoms with Gasteiger partial charge in [0.2, 0.25) is 0 Å². The van der Waals surface area contributed by atoms with Gasteiger partial charge < -0.3 is 68.9 Å². The highest BCUT2D eigenvalue weighted by Crippen LogP contribution is 2.43. The lowest BCUT2D eigenvalue weighted by Crippen LogP contribution is -2.52. The van der Waals surface area contributed by atoms with E-state index in [1.54, 1.807) is 62.0 Å². The van der Waals surface area contributed by atoms with Crippen LogP contribution in [0.4, 0.5) is 11.4 Å². The van der Waals surface area contributed by atoms with E-state index in [0.717, 1.165) is 264 Å². The molecule has 2 atom stereocenters. The quantitative estimate of drug-likeness (QED) is 0.0555. The Morgan fingerprint density at radius 1 is 0.409 bits per heavy atom. The maximum absolute atomic E-state index is 9.70. The molecule has 8 saturated heterocycles. The zero-order chi connectivity index (χ0) is 87.2. The molecule has 15 aromatic heterocycles. The fraction of sp³-hybridized carbons (Fsp3) is 0.415. The molecule has 0 spiro atoms. The summed E-state index contributed by atoms with van der Waals surface area (Å²) in [5, 5.41) is 62.3. The summed E-state index contributed by atoms with van der Waals surface area (Å²) in [6.07, 6.45) is 30.8. The Morgan fingerprint density at radius 2 is 0.850 bits per heavy atom. The zero-order valence-corrected chi connectivity index (χ0v) is 73.5. The molecule has 0 aromatic carbocycles. The van der Waals surface area contributed by atoms with E-state index in [-0.39, 0.29) is 6.10 Å². The van der Waals surface area contributed by atoms with Crippen molar-refractivity contribution in [3.8, 4) is 47.6 Å². The minimum absolute atomic E-state index is 0.0964. The molecule has 127 heavy (non-hydrogen) atoms. The van der Waals surface area contributed by atoms with Crippen molar-refractivity contribution in [2.45, 2.75) is 116 Å². The first-order chi connectivity index (χ1) is 62.2. The molecule has 8 fully saturated rings. The molecule has 2 bridgehead atoms. The Balaban J connectivity index is 0.000000107. The highest BCUT2D eigenvalue weighted by Gasteiger charge is 2.38. The fourth-order valence-electron chi connectivity index (χ4n) is 19.6. The number of anilines is 2. The normalized spacial score (nSPS) is 19.1. The van der Waals surface area contributed by atoms with Gasteiger partial charge >= 0.3 is 0 Å². The summed E-state index contributed by atoms with van der Waals surface area (Å²) in [5.41, 5.74) is 11.6. The minimum atomic E-state index is 0.0964. The largest absolute Gasteiger partial charge is 0.490 e. The lowest BCUT2D eigenvalue weighted by atomic mass is 9.86. The number of fused-ring (bicyclic) bond motifs is 18. The molecule has 0 radical (unpaired) electrons. The molecular weight excluding hydrogens is 1660 g/mol. The first-order valence-electron chi connectivity index (χ1n) is 44.2. The molecular formula is C94H98Cl3N27O3. The summed E-state index contributed by atoms with van der Waals surface area (Å²) in [7, 11) is 0. The molecule has 0 aliphatic carbocycles. The summed E-state index contributed by atoms with van der Waals surface area (Å²) >= 11 is 18.5. The number of H-pyrrole nitrogens is 5. The molecule has 8 aliphatic heterocycles. The number of ether oxygens (including phenoxy) is 3. The van der Waals surface area contributed by atoms with Gasteiger partial charge in [0.1, 0.15) is 64.7 Å². The number of hydrogen-bond acceptors (Lipinski definition) is 25. The smallest absolute Gasteiger partial charge is 0.183 e. The molecule has 8 aliphatic rings. The van der Waals surface area contributed by atoms with Crippen LogP contribution in [0.3, 0.4) is 0 Å². The average molecular weight is 1760 g/mol. The molecule has 23 rings (SSSR count). The van der Waals surface area contributed by atoms with Gasteiger partial charge in [-0.15, -0.1) is 0 Å². The number of nitrogens with zero attached hydrogens (tertiary/aromatic N) is 21. The second kappa shape index (κ2) is 38.4. The maximum atomic E-state index is 9.70. The molecule has 15 aromatic rings. The monoisotopic (exact) mass is 1760 g/mol. The highest BCUT2D eigenvalue weighted by atomic mass is 35.5. The van der Waals surface area contributed by atoms with Crippen LogP contribution in [-0.2, 0) is 0 Å². The molecule has 0 saturated carbocycles. The van der Waals surface area contributed by atoms with E-state index in [4.69, 9.17) is 49.0 Å². The molecule has 30 nitrogen and oxygen atoms in total. The zero-order valence-electron chi connectivity index (χ0n) is 71.2. The van der Waals surface area contributed by atoms with Crippen molar-refractivity contribution in [3.05, 3.63) is 148 Å². The van der Waals surface area contributed by atoms with E-state index in [2.05, 4.69) is 161 Å². The van der Waals surface area contributed by atoms with Crippen LogP contribution in [0.2, 0.25) is 15.1 Å². The van der Waals surface area contributed by atoms with Gasteiger partial charge in [0.15, 0.2) is 45.7 Å². The Kier molecular flexibility index (Phi) is 25.9. The van der Waals surface area contributed by atoms with Crippen molar-refractivity contribution >= 4 is 156 Å². The van der Waals surface area contributed by atoms with Crippen molar-refractivity contribution in [3.63, 3.8) is 0 Å².